The van der Waals surface area contributed by atoms with Crippen LogP contribution in [0.1, 0.15) is 24.5 Å². The van der Waals surface area contributed by atoms with Gasteiger partial charge in [-0.2, -0.15) is 0 Å². The van der Waals surface area contributed by atoms with Crippen LogP contribution < -0.4 is 14.5 Å². The molecular formula is C29H33N5O3. The second-order valence-corrected chi connectivity index (χ2v) is 9.72. The molecule has 37 heavy (non-hydrogen) atoms. The number of benzene rings is 2. The van der Waals surface area contributed by atoms with Gasteiger partial charge >= 0.3 is 0 Å². The maximum absolute atomic E-state index is 13.2. The van der Waals surface area contributed by atoms with Crippen molar-refractivity contribution < 1.29 is 14.3 Å². The minimum Gasteiger partial charge on any atom is -0.494 e. The molecule has 2 aliphatic heterocycles. The zero-order chi connectivity index (χ0) is 25.9. The number of carbonyl (C=O) groups is 2. The molecular weight excluding hydrogens is 466 g/mol. The molecule has 0 spiro atoms. The lowest BCUT2D eigenvalue weighted by atomic mass is 10.1. The maximum Gasteiger partial charge on any atom is 0.228 e. The fourth-order valence-corrected chi connectivity index (χ4v) is 4.97. The van der Waals surface area contributed by atoms with Crippen LogP contribution in [0.2, 0.25) is 0 Å². The van der Waals surface area contributed by atoms with Crippen LogP contribution in [-0.4, -0.2) is 66.2 Å². The van der Waals surface area contributed by atoms with Gasteiger partial charge in [-0.25, -0.2) is 0 Å². The molecule has 8 nitrogen and oxygen atoms in total. The third-order valence-corrected chi connectivity index (χ3v) is 7.30. The first-order valence-corrected chi connectivity index (χ1v) is 12.9. The van der Waals surface area contributed by atoms with Crippen molar-refractivity contribution in [1.29, 1.82) is 0 Å². The van der Waals surface area contributed by atoms with Crippen LogP contribution in [-0.2, 0) is 9.59 Å². The van der Waals surface area contributed by atoms with Crippen molar-refractivity contribution in [3.63, 3.8) is 0 Å². The molecule has 1 atom stereocenters. The third-order valence-electron chi connectivity index (χ3n) is 7.30. The molecule has 192 valence electrons. The molecule has 8 heteroatoms. The molecule has 0 saturated carbocycles. The molecule has 2 fully saturated rings. The summed E-state index contributed by atoms with van der Waals surface area (Å²) < 4.78 is 5.50. The summed E-state index contributed by atoms with van der Waals surface area (Å²) in [6.07, 6.45) is 0.268. The van der Waals surface area contributed by atoms with Gasteiger partial charge in [-0.15, -0.1) is 10.2 Å². The molecule has 2 amide bonds. The van der Waals surface area contributed by atoms with Gasteiger partial charge in [-0.3, -0.25) is 9.59 Å². The molecule has 1 aromatic heterocycles. The van der Waals surface area contributed by atoms with Crippen molar-refractivity contribution in [3.8, 4) is 17.0 Å². The number of ether oxygens (including phenoxy) is 1. The van der Waals surface area contributed by atoms with Crippen molar-refractivity contribution in [2.45, 2.75) is 27.2 Å². The summed E-state index contributed by atoms with van der Waals surface area (Å²) in [6, 6.07) is 17.8. The van der Waals surface area contributed by atoms with Gasteiger partial charge in [-0.05, 0) is 80.4 Å². The van der Waals surface area contributed by atoms with Gasteiger partial charge in [-0.1, -0.05) is 6.07 Å². The quantitative estimate of drug-likeness (QED) is 0.513. The second kappa shape index (κ2) is 10.6. The molecule has 0 N–H and O–H groups in total. The van der Waals surface area contributed by atoms with E-state index in [0.29, 0.717) is 39.3 Å². The predicted molar refractivity (Wildman–Crippen MR) is 144 cm³/mol. The molecule has 2 saturated heterocycles. The van der Waals surface area contributed by atoms with Gasteiger partial charge in [0, 0.05) is 50.4 Å². The van der Waals surface area contributed by atoms with E-state index in [2.05, 4.69) is 22.0 Å². The number of rotatable bonds is 6. The van der Waals surface area contributed by atoms with Gasteiger partial charge in [0.2, 0.25) is 11.8 Å². The Morgan fingerprint density at radius 2 is 1.70 bits per heavy atom. The van der Waals surface area contributed by atoms with E-state index >= 15 is 0 Å². The fraction of sp³-hybridized carbons (Fsp3) is 0.379. The lowest BCUT2D eigenvalue weighted by molar-refractivity contribution is -0.136. The fourth-order valence-electron chi connectivity index (χ4n) is 4.97. The lowest BCUT2D eigenvalue weighted by Gasteiger charge is -2.36. The van der Waals surface area contributed by atoms with E-state index in [9.17, 15) is 9.59 Å². The van der Waals surface area contributed by atoms with E-state index < -0.39 is 0 Å². The first-order valence-electron chi connectivity index (χ1n) is 12.9. The van der Waals surface area contributed by atoms with E-state index in [1.54, 1.807) is 4.90 Å². The Morgan fingerprint density at radius 1 is 0.946 bits per heavy atom. The topological polar surface area (TPSA) is 78.9 Å². The molecule has 0 bridgehead atoms. The zero-order valence-electron chi connectivity index (χ0n) is 21.7. The van der Waals surface area contributed by atoms with Crippen molar-refractivity contribution in [2.75, 3.05) is 49.1 Å². The van der Waals surface area contributed by atoms with Crippen LogP contribution in [0.15, 0.2) is 54.6 Å². The van der Waals surface area contributed by atoms with Gasteiger partial charge in [0.25, 0.3) is 0 Å². The highest BCUT2D eigenvalue weighted by Gasteiger charge is 2.38. The number of carbonyl (C=O) groups excluding carboxylic acids is 2. The number of anilines is 2. The van der Waals surface area contributed by atoms with Crippen LogP contribution >= 0.6 is 0 Å². The van der Waals surface area contributed by atoms with Gasteiger partial charge in [0.1, 0.15) is 5.75 Å². The minimum atomic E-state index is -0.297. The molecule has 2 aromatic carbocycles. The summed E-state index contributed by atoms with van der Waals surface area (Å²) in [5, 5.41) is 8.86. The maximum atomic E-state index is 13.2. The van der Waals surface area contributed by atoms with Crippen LogP contribution in [0.4, 0.5) is 11.5 Å². The highest BCUT2D eigenvalue weighted by molar-refractivity contribution is 6.00. The highest BCUT2D eigenvalue weighted by Crippen LogP contribution is 2.28. The van der Waals surface area contributed by atoms with Crippen molar-refractivity contribution in [3.05, 3.63) is 65.7 Å². The Morgan fingerprint density at radius 3 is 2.35 bits per heavy atom. The molecule has 1 unspecified atom stereocenters. The zero-order valence-corrected chi connectivity index (χ0v) is 21.7. The van der Waals surface area contributed by atoms with Crippen LogP contribution in [0.5, 0.6) is 5.75 Å². The number of aromatic nitrogens is 2. The van der Waals surface area contributed by atoms with Gasteiger partial charge in [0.05, 0.1) is 18.2 Å². The summed E-state index contributed by atoms with van der Waals surface area (Å²) in [5.74, 6) is 1.43. The summed E-state index contributed by atoms with van der Waals surface area (Å²) in [6.45, 7) is 9.72. The monoisotopic (exact) mass is 499 g/mol. The molecule has 3 heterocycles. The summed E-state index contributed by atoms with van der Waals surface area (Å²) in [5.41, 5.74) is 5.00. The molecule has 2 aliphatic rings. The summed E-state index contributed by atoms with van der Waals surface area (Å²) >= 11 is 0. The number of amides is 2. The molecule has 0 radical (unpaired) electrons. The summed E-state index contributed by atoms with van der Waals surface area (Å²) in [4.78, 5) is 31.8. The van der Waals surface area contributed by atoms with Crippen LogP contribution in [0, 0.1) is 19.8 Å². The highest BCUT2D eigenvalue weighted by atomic mass is 16.5. The Labute approximate surface area is 217 Å². The number of aryl methyl sites for hydroxylation is 2. The number of piperazine rings is 1. The van der Waals surface area contributed by atoms with Crippen LogP contribution in [0.25, 0.3) is 11.3 Å². The van der Waals surface area contributed by atoms with Gasteiger partial charge < -0.3 is 19.4 Å². The van der Waals surface area contributed by atoms with Crippen LogP contribution in [0.3, 0.4) is 0 Å². The Bertz CT molecular complexity index is 1270. The molecule has 0 aliphatic carbocycles. The van der Waals surface area contributed by atoms with E-state index in [1.807, 2.05) is 73.3 Å². The SMILES string of the molecule is CCOc1ccc(-c2ccc(N3CCN(C(=O)C4CC(=O)N(c5ccc(C)c(C)c5)C4)CC3)nn2)cc1. The van der Waals surface area contributed by atoms with Crippen molar-refractivity contribution in [2.24, 2.45) is 5.92 Å². The Kier molecular flexibility index (Phi) is 7.08. The average Bonchev–Trinajstić information content (AvgIpc) is 3.32. The molecule has 5 rings (SSSR count). The van der Waals surface area contributed by atoms with E-state index in [-0.39, 0.29) is 24.2 Å². The number of hydrogen-bond acceptors (Lipinski definition) is 6. The first-order chi connectivity index (χ1) is 17.9. The average molecular weight is 500 g/mol. The Balaban J connectivity index is 1.16. The Hall–Kier alpha value is -3.94. The van der Waals surface area contributed by atoms with Crippen molar-refractivity contribution >= 4 is 23.3 Å². The van der Waals surface area contributed by atoms with Crippen molar-refractivity contribution in [1.82, 2.24) is 15.1 Å². The van der Waals surface area contributed by atoms with Gasteiger partial charge in [0.15, 0.2) is 5.82 Å². The third kappa shape index (κ3) is 5.28. The second-order valence-electron chi connectivity index (χ2n) is 9.72. The van der Waals surface area contributed by atoms with E-state index in [0.717, 1.165) is 34.1 Å². The number of hydrogen-bond donors (Lipinski definition) is 0. The van der Waals surface area contributed by atoms with E-state index in [1.165, 1.54) is 5.56 Å². The standard InChI is InChI=1S/C29H33N5O3/c1-4-37-25-9-6-22(7-10-25)26-11-12-27(31-30-26)32-13-15-33(16-14-32)29(36)23-18-28(35)34(19-23)24-8-5-20(2)21(3)17-24/h5-12,17,23H,4,13-16,18-19H2,1-3H3. The lowest BCUT2D eigenvalue weighted by Crippen LogP contribution is -2.51. The largest absolute Gasteiger partial charge is 0.494 e. The minimum absolute atomic E-state index is 0.0168. The van der Waals surface area contributed by atoms with E-state index in [4.69, 9.17) is 4.74 Å². The predicted octanol–water partition coefficient (Wildman–Crippen LogP) is 3.86. The number of nitrogens with zero attached hydrogens (tertiary/aromatic N) is 5. The smallest absolute Gasteiger partial charge is 0.228 e. The summed E-state index contributed by atoms with van der Waals surface area (Å²) in [7, 11) is 0. The molecule has 3 aromatic rings. The normalized spacial score (nSPS) is 17.9. The first kappa shape index (κ1) is 24.7.